The molecular formula is C20H24N2O3. The van der Waals surface area contributed by atoms with Crippen LogP contribution in [-0.4, -0.2) is 38.1 Å². The number of methoxy groups -OCH3 is 2. The highest BCUT2D eigenvalue weighted by Gasteiger charge is 2.27. The zero-order valence-corrected chi connectivity index (χ0v) is 14.7. The van der Waals surface area contributed by atoms with Crippen molar-refractivity contribution < 1.29 is 14.3 Å². The summed E-state index contributed by atoms with van der Waals surface area (Å²) in [6.45, 7) is 1.31. The fourth-order valence-corrected chi connectivity index (χ4v) is 3.34. The Morgan fingerprint density at radius 3 is 2.68 bits per heavy atom. The molecule has 1 N–H and O–H groups in total. The molecule has 0 spiro atoms. The summed E-state index contributed by atoms with van der Waals surface area (Å²) in [6.07, 6.45) is 2.20. The number of rotatable bonds is 6. The van der Waals surface area contributed by atoms with Crippen LogP contribution in [0, 0.1) is 0 Å². The van der Waals surface area contributed by atoms with Crippen molar-refractivity contribution in [1.82, 2.24) is 4.90 Å². The van der Waals surface area contributed by atoms with Gasteiger partial charge in [-0.1, -0.05) is 30.3 Å². The molecule has 1 saturated heterocycles. The van der Waals surface area contributed by atoms with Gasteiger partial charge < -0.3 is 14.8 Å². The number of amides is 1. The number of nitrogens with zero attached hydrogens (tertiary/aromatic N) is 1. The molecule has 0 radical (unpaired) electrons. The van der Waals surface area contributed by atoms with Crippen molar-refractivity contribution in [2.24, 2.45) is 0 Å². The highest BCUT2D eigenvalue weighted by molar-refractivity contribution is 5.93. The second-order valence-corrected chi connectivity index (χ2v) is 6.15. The first-order valence-electron chi connectivity index (χ1n) is 8.52. The molecule has 1 heterocycles. The minimum atomic E-state index is -0.0358. The molecule has 0 aliphatic carbocycles. The molecule has 1 aliphatic heterocycles. The van der Waals surface area contributed by atoms with E-state index in [9.17, 15) is 4.79 Å². The van der Waals surface area contributed by atoms with Gasteiger partial charge in [-0.25, -0.2) is 0 Å². The van der Waals surface area contributed by atoms with Gasteiger partial charge in [0, 0.05) is 12.1 Å². The number of carbonyl (C=O) groups is 1. The third-order valence-corrected chi connectivity index (χ3v) is 4.58. The van der Waals surface area contributed by atoms with E-state index in [1.54, 1.807) is 32.4 Å². The van der Waals surface area contributed by atoms with Crippen molar-refractivity contribution in [3.63, 3.8) is 0 Å². The molecule has 1 aliphatic rings. The fraction of sp³-hybridized carbons (Fsp3) is 0.350. The van der Waals surface area contributed by atoms with E-state index in [2.05, 4.69) is 22.3 Å². The monoisotopic (exact) mass is 340 g/mol. The first-order valence-corrected chi connectivity index (χ1v) is 8.52. The second kappa shape index (κ2) is 8.03. The molecular weight excluding hydrogens is 316 g/mol. The minimum Gasteiger partial charge on any atom is -0.497 e. The number of hydrogen-bond acceptors (Lipinski definition) is 4. The summed E-state index contributed by atoms with van der Waals surface area (Å²) < 4.78 is 10.5. The molecule has 2 aromatic rings. The number of ether oxygens (including phenoxy) is 2. The normalized spacial score (nSPS) is 17.3. The lowest BCUT2D eigenvalue weighted by Gasteiger charge is -2.24. The minimum absolute atomic E-state index is 0.0358. The largest absolute Gasteiger partial charge is 0.497 e. The molecule has 25 heavy (non-hydrogen) atoms. The van der Waals surface area contributed by atoms with E-state index in [0.29, 0.717) is 29.8 Å². The molecule has 0 saturated carbocycles. The maximum atomic E-state index is 12.5. The van der Waals surface area contributed by atoms with Gasteiger partial charge >= 0.3 is 0 Å². The highest BCUT2D eigenvalue weighted by atomic mass is 16.5. The van der Waals surface area contributed by atoms with Gasteiger partial charge in [0.25, 0.3) is 0 Å². The lowest BCUT2D eigenvalue weighted by atomic mass is 10.0. The van der Waals surface area contributed by atoms with Gasteiger partial charge in [-0.15, -0.1) is 0 Å². The van der Waals surface area contributed by atoms with Gasteiger partial charge in [-0.2, -0.15) is 0 Å². The number of carbonyl (C=O) groups excluding carboxylic acids is 1. The van der Waals surface area contributed by atoms with Crippen molar-refractivity contribution in [2.45, 2.75) is 18.9 Å². The van der Waals surface area contributed by atoms with E-state index in [0.717, 1.165) is 19.4 Å². The molecule has 1 atom stereocenters. The fourth-order valence-electron chi connectivity index (χ4n) is 3.34. The number of benzene rings is 2. The van der Waals surface area contributed by atoms with E-state index in [-0.39, 0.29) is 5.91 Å². The Labute approximate surface area is 148 Å². The summed E-state index contributed by atoms with van der Waals surface area (Å²) in [7, 11) is 3.18. The molecule has 2 aromatic carbocycles. The Morgan fingerprint density at radius 2 is 1.96 bits per heavy atom. The smallest absolute Gasteiger partial charge is 0.238 e. The topological polar surface area (TPSA) is 50.8 Å². The van der Waals surface area contributed by atoms with Crippen LogP contribution in [0.4, 0.5) is 5.69 Å². The Hall–Kier alpha value is -2.53. The van der Waals surface area contributed by atoms with Gasteiger partial charge in [0.2, 0.25) is 5.91 Å². The van der Waals surface area contributed by atoms with E-state index in [4.69, 9.17) is 9.47 Å². The molecule has 0 unspecified atom stereocenters. The summed E-state index contributed by atoms with van der Waals surface area (Å²) in [5.41, 5.74) is 1.93. The van der Waals surface area contributed by atoms with Gasteiger partial charge in [-0.05, 0) is 37.1 Å². The lowest BCUT2D eigenvalue weighted by molar-refractivity contribution is -0.117. The predicted molar refractivity (Wildman–Crippen MR) is 98.2 cm³/mol. The number of hydrogen-bond donors (Lipinski definition) is 1. The Bertz CT molecular complexity index is 718. The van der Waals surface area contributed by atoms with Gasteiger partial charge in [0.15, 0.2) is 0 Å². The van der Waals surface area contributed by atoms with Crippen LogP contribution in [0.1, 0.15) is 24.4 Å². The van der Waals surface area contributed by atoms with Crippen LogP contribution in [0.2, 0.25) is 0 Å². The zero-order chi connectivity index (χ0) is 17.6. The first kappa shape index (κ1) is 17.3. The molecule has 132 valence electrons. The number of likely N-dealkylation sites (tertiary alicyclic amines) is 1. The van der Waals surface area contributed by atoms with Crippen LogP contribution in [0.25, 0.3) is 0 Å². The van der Waals surface area contributed by atoms with E-state index in [1.807, 2.05) is 18.2 Å². The molecule has 3 rings (SSSR count). The third-order valence-electron chi connectivity index (χ3n) is 4.58. The van der Waals surface area contributed by atoms with E-state index >= 15 is 0 Å². The molecule has 5 nitrogen and oxygen atoms in total. The van der Waals surface area contributed by atoms with Gasteiger partial charge in [0.1, 0.15) is 11.5 Å². The molecule has 0 aromatic heterocycles. The molecule has 0 bridgehead atoms. The van der Waals surface area contributed by atoms with Crippen molar-refractivity contribution in [1.29, 1.82) is 0 Å². The average molecular weight is 340 g/mol. The van der Waals surface area contributed by atoms with E-state index in [1.165, 1.54) is 5.56 Å². The molecule has 1 fully saturated rings. The average Bonchev–Trinajstić information content (AvgIpc) is 3.10. The standard InChI is InChI=1S/C20H24N2O3/c1-24-16-10-11-17(19(13-16)25-2)21-20(23)14-22-12-6-9-18(22)15-7-4-3-5-8-15/h3-5,7-8,10-11,13,18H,6,9,12,14H2,1-2H3,(H,21,23)/t18-/m0/s1. The van der Waals surface area contributed by atoms with Gasteiger partial charge in [0.05, 0.1) is 26.5 Å². The SMILES string of the molecule is COc1ccc(NC(=O)CN2CCC[C@H]2c2ccccc2)c(OC)c1. The van der Waals surface area contributed by atoms with Crippen LogP contribution in [0.3, 0.4) is 0 Å². The van der Waals surface area contributed by atoms with Crippen molar-refractivity contribution in [2.75, 3.05) is 32.6 Å². The predicted octanol–water partition coefficient (Wildman–Crippen LogP) is 3.48. The quantitative estimate of drug-likeness (QED) is 0.875. The Morgan fingerprint density at radius 1 is 1.16 bits per heavy atom. The zero-order valence-electron chi connectivity index (χ0n) is 14.7. The Kier molecular flexibility index (Phi) is 5.56. The van der Waals surface area contributed by atoms with E-state index < -0.39 is 0 Å². The summed E-state index contributed by atoms with van der Waals surface area (Å²) in [6, 6.07) is 16.1. The highest BCUT2D eigenvalue weighted by Crippen LogP contribution is 2.32. The summed E-state index contributed by atoms with van der Waals surface area (Å²) in [5.74, 6) is 1.25. The summed E-state index contributed by atoms with van der Waals surface area (Å²) in [4.78, 5) is 14.8. The maximum absolute atomic E-state index is 12.5. The lowest BCUT2D eigenvalue weighted by Crippen LogP contribution is -2.33. The second-order valence-electron chi connectivity index (χ2n) is 6.15. The number of nitrogens with one attached hydrogen (secondary N) is 1. The van der Waals surface area contributed by atoms with Crippen LogP contribution < -0.4 is 14.8 Å². The summed E-state index contributed by atoms with van der Waals surface area (Å²) >= 11 is 0. The van der Waals surface area contributed by atoms with Crippen molar-refractivity contribution >= 4 is 11.6 Å². The van der Waals surface area contributed by atoms with Crippen LogP contribution >= 0.6 is 0 Å². The summed E-state index contributed by atoms with van der Waals surface area (Å²) in [5, 5.41) is 2.95. The first-order chi connectivity index (χ1) is 12.2. The molecule has 1 amide bonds. The van der Waals surface area contributed by atoms with Crippen LogP contribution in [-0.2, 0) is 4.79 Å². The number of anilines is 1. The van der Waals surface area contributed by atoms with Crippen LogP contribution in [0.15, 0.2) is 48.5 Å². The molecule has 5 heteroatoms. The maximum Gasteiger partial charge on any atom is 0.238 e. The van der Waals surface area contributed by atoms with Crippen molar-refractivity contribution in [3.8, 4) is 11.5 Å². The Balaban J connectivity index is 1.66. The third kappa shape index (κ3) is 4.12. The van der Waals surface area contributed by atoms with Crippen molar-refractivity contribution in [3.05, 3.63) is 54.1 Å². The van der Waals surface area contributed by atoms with Gasteiger partial charge in [-0.3, -0.25) is 9.69 Å². The van der Waals surface area contributed by atoms with Crippen LogP contribution in [0.5, 0.6) is 11.5 Å².